The number of ether oxygens (including phenoxy) is 2. The Balaban J connectivity index is 1.86. The van der Waals surface area contributed by atoms with E-state index in [0.717, 1.165) is 4.68 Å². The molecule has 0 aliphatic carbocycles. The molecular formula is C22H22N2O6. The van der Waals surface area contributed by atoms with Crippen LogP contribution in [0.3, 0.4) is 0 Å². The minimum absolute atomic E-state index is 0.0649. The van der Waals surface area contributed by atoms with Crippen molar-refractivity contribution in [3.63, 3.8) is 0 Å². The Morgan fingerprint density at radius 1 is 1.10 bits per heavy atom. The molecule has 0 bridgehead atoms. The Morgan fingerprint density at radius 3 is 2.40 bits per heavy atom. The molecule has 2 aromatic carbocycles. The van der Waals surface area contributed by atoms with Gasteiger partial charge in [-0.3, -0.25) is 9.59 Å². The molecule has 0 spiro atoms. The summed E-state index contributed by atoms with van der Waals surface area (Å²) in [6.45, 7) is 3.47. The number of rotatable bonds is 8. The Hall–Kier alpha value is -3.52. The number of ketones is 1. The lowest BCUT2D eigenvalue weighted by molar-refractivity contribution is 0.0312. The quantitative estimate of drug-likeness (QED) is 0.448. The largest absolute Gasteiger partial charge is 0.494 e. The van der Waals surface area contributed by atoms with Crippen molar-refractivity contribution in [2.45, 2.75) is 26.5 Å². The van der Waals surface area contributed by atoms with Crippen molar-refractivity contribution in [1.29, 1.82) is 0 Å². The van der Waals surface area contributed by atoms with Crippen LogP contribution in [0.5, 0.6) is 5.75 Å². The Bertz CT molecular complexity index is 1120. The zero-order valence-electron chi connectivity index (χ0n) is 16.7. The van der Waals surface area contributed by atoms with E-state index in [1.807, 2.05) is 6.92 Å². The number of aliphatic hydroxyl groups excluding tert-OH is 1. The molecule has 1 N–H and O–H groups in total. The molecule has 0 aliphatic rings. The summed E-state index contributed by atoms with van der Waals surface area (Å²) in [5, 5.41) is 13.8. The van der Waals surface area contributed by atoms with Crippen LogP contribution in [0.15, 0.2) is 53.3 Å². The van der Waals surface area contributed by atoms with Crippen LogP contribution in [0.2, 0.25) is 0 Å². The van der Waals surface area contributed by atoms with Gasteiger partial charge in [-0.15, -0.1) is 0 Å². The number of benzene rings is 2. The highest BCUT2D eigenvalue weighted by Gasteiger charge is 2.24. The fourth-order valence-electron chi connectivity index (χ4n) is 3.02. The first-order valence-electron chi connectivity index (χ1n) is 9.55. The lowest BCUT2D eigenvalue weighted by Gasteiger charge is -2.14. The molecule has 8 nitrogen and oxygen atoms in total. The molecule has 30 heavy (non-hydrogen) atoms. The number of carbonyl (C=O) groups excluding carboxylic acids is 2. The van der Waals surface area contributed by atoms with Crippen LogP contribution in [0.25, 0.3) is 10.8 Å². The van der Waals surface area contributed by atoms with E-state index >= 15 is 0 Å². The van der Waals surface area contributed by atoms with E-state index in [-0.39, 0.29) is 30.0 Å². The SMILES string of the molecule is CCOc1ccc(C(=O)[C@H](C)OC(=O)c2nn(CCO)c(=O)c3ccccc23)cc1. The molecule has 0 saturated carbocycles. The van der Waals surface area contributed by atoms with Gasteiger partial charge in [-0.2, -0.15) is 5.10 Å². The van der Waals surface area contributed by atoms with E-state index in [2.05, 4.69) is 5.10 Å². The number of nitrogens with zero attached hydrogens (tertiary/aromatic N) is 2. The first kappa shape index (κ1) is 21.2. The number of hydrogen-bond acceptors (Lipinski definition) is 7. The zero-order valence-corrected chi connectivity index (χ0v) is 16.7. The summed E-state index contributed by atoms with van der Waals surface area (Å²) in [7, 11) is 0. The number of Topliss-reactive ketones (excluding diaryl/α,β-unsaturated/α-hetero) is 1. The Labute approximate surface area is 172 Å². The highest BCUT2D eigenvalue weighted by atomic mass is 16.5. The van der Waals surface area contributed by atoms with E-state index in [0.29, 0.717) is 23.3 Å². The zero-order chi connectivity index (χ0) is 21.7. The van der Waals surface area contributed by atoms with Crippen molar-refractivity contribution >= 4 is 22.5 Å². The molecule has 0 saturated heterocycles. The molecule has 0 unspecified atom stereocenters. The van der Waals surface area contributed by atoms with Gasteiger partial charge in [0.15, 0.2) is 11.8 Å². The smallest absolute Gasteiger partial charge is 0.360 e. The molecule has 0 amide bonds. The maximum absolute atomic E-state index is 12.8. The van der Waals surface area contributed by atoms with Crippen molar-refractivity contribution in [3.8, 4) is 5.75 Å². The van der Waals surface area contributed by atoms with E-state index in [1.165, 1.54) is 6.92 Å². The fraction of sp³-hybridized carbons (Fsp3) is 0.273. The average Bonchev–Trinajstić information content (AvgIpc) is 2.76. The van der Waals surface area contributed by atoms with Crippen LogP contribution >= 0.6 is 0 Å². The number of hydrogen-bond donors (Lipinski definition) is 1. The number of esters is 1. The summed E-state index contributed by atoms with van der Waals surface area (Å²) in [5.74, 6) is -0.565. The summed E-state index contributed by atoms with van der Waals surface area (Å²) in [5.41, 5.74) is -0.137. The van der Waals surface area contributed by atoms with Crippen LogP contribution < -0.4 is 10.3 Å². The van der Waals surface area contributed by atoms with Crippen molar-refractivity contribution < 1.29 is 24.2 Å². The van der Waals surface area contributed by atoms with Crippen LogP contribution in [0.4, 0.5) is 0 Å². The minimum atomic E-state index is -1.06. The fourth-order valence-corrected chi connectivity index (χ4v) is 3.02. The summed E-state index contributed by atoms with van der Waals surface area (Å²) < 4.78 is 11.7. The second-order valence-corrected chi connectivity index (χ2v) is 6.52. The van der Waals surface area contributed by atoms with Gasteiger partial charge in [0.2, 0.25) is 5.78 Å². The molecule has 0 radical (unpaired) electrons. The van der Waals surface area contributed by atoms with Gasteiger partial charge in [-0.25, -0.2) is 9.48 Å². The molecule has 0 aliphatic heterocycles. The number of carbonyl (C=O) groups is 2. The Kier molecular flexibility index (Phi) is 6.58. The van der Waals surface area contributed by atoms with Crippen molar-refractivity contribution in [1.82, 2.24) is 9.78 Å². The van der Waals surface area contributed by atoms with Crippen LogP contribution in [-0.2, 0) is 11.3 Å². The molecule has 1 aromatic heterocycles. The highest BCUT2D eigenvalue weighted by molar-refractivity contribution is 6.05. The van der Waals surface area contributed by atoms with Crippen molar-refractivity contribution in [2.24, 2.45) is 0 Å². The third-order valence-electron chi connectivity index (χ3n) is 4.48. The monoisotopic (exact) mass is 410 g/mol. The second kappa shape index (κ2) is 9.32. The van der Waals surface area contributed by atoms with Gasteiger partial charge in [0.25, 0.3) is 5.56 Å². The third kappa shape index (κ3) is 4.38. The number of aromatic nitrogens is 2. The maximum Gasteiger partial charge on any atom is 0.360 e. The highest BCUT2D eigenvalue weighted by Crippen LogP contribution is 2.17. The number of aliphatic hydroxyl groups is 1. The lowest BCUT2D eigenvalue weighted by Crippen LogP contribution is -2.30. The molecule has 1 atom stereocenters. The molecule has 156 valence electrons. The van der Waals surface area contributed by atoms with Gasteiger partial charge < -0.3 is 14.6 Å². The van der Waals surface area contributed by atoms with Gasteiger partial charge in [0.1, 0.15) is 5.75 Å². The summed E-state index contributed by atoms with van der Waals surface area (Å²) in [6, 6.07) is 13.0. The lowest BCUT2D eigenvalue weighted by atomic mass is 10.1. The molecule has 0 fully saturated rings. The third-order valence-corrected chi connectivity index (χ3v) is 4.48. The second-order valence-electron chi connectivity index (χ2n) is 6.52. The molecule has 1 heterocycles. The summed E-state index contributed by atoms with van der Waals surface area (Å²) >= 11 is 0. The number of fused-ring (bicyclic) bond motifs is 1. The van der Waals surface area contributed by atoms with Gasteiger partial charge >= 0.3 is 5.97 Å². The molecule has 3 aromatic rings. The van der Waals surface area contributed by atoms with Crippen molar-refractivity contribution in [2.75, 3.05) is 13.2 Å². The van der Waals surface area contributed by atoms with Crippen LogP contribution in [0, 0.1) is 0 Å². The van der Waals surface area contributed by atoms with Gasteiger partial charge in [-0.05, 0) is 44.2 Å². The van der Waals surface area contributed by atoms with Gasteiger partial charge in [0, 0.05) is 10.9 Å². The van der Waals surface area contributed by atoms with Crippen molar-refractivity contribution in [3.05, 3.63) is 70.1 Å². The van der Waals surface area contributed by atoms with Gasteiger partial charge in [-0.1, -0.05) is 18.2 Å². The van der Waals surface area contributed by atoms with Gasteiger partial charge in [0.05, 0.1) is 25.1 Å². The van der Waals surface area contributed by atoms with E-state index < -0.39 is 17.6 Å². The van der Waals surface area contributed by atoms with Crippen LogP contribution in [-0.4, -0.2) is 46.0 Å². The predicted molar refractivity (Wildman–Crippen MR) is 110 cm³/mol. The normalized spacial score (nSPS) is 11.8. The molecular weight excluding hydrogens is 388 g/mol. The first-order valence-corrected chi connectivity index (χ1v) is 9.55. The topological polar surface area (TPSA) is 108 Å². The van der Waals surface area contributed by atoms with Crippen LogP contribution in [0.1, 0.15) is 34.7 Å². The van der Waals surface area contributed by atoms with E-state index in [4.69, 9.17) is 9.47 Å². The maximum atomic E-state index is 12.8. The van der Waals surface area contributed by atoms with E-state index in [1.54, 1.807) is 48.5 Å². The Morgan fingerprint density at radius 2 is 1.77 bits per heavy atom. The summed E-state index contributed by atoms with van der Waals surface area (Å²) in [4.78, 5) is 37.9. The predicted octanol–water partition coefficient (Wildman–Crippen LogP) is 2.22. The first-order chi connectivity index (χ1) is 14.5. The molecule has 8 heteroatoms. The standard InChI is InChI=1S/C22H22N2O6/c1-3-29-16-10-8-15(9-11-16)20(26)14(2)30-22(28)19-17-6-4-5-7-18(17)21(27)24(23-19)12-13-25/h4-11,14,25H,3,12-13H2,1-2H3/t14-/m0/s1. The average molecular weight is 410 g/mol. The molecule has 3 rings (SSSR count). The minimum Gasteiger partial charge on any atom is -0.494 e. The van der Waals surface area contributed by atoms with E-state index in [9.17, 15) is 19.5 Å². The summed E-state index contributed by atoms with van der Waals surface area (Å²) in [6.07, 6.45) is -1.06.